The molecule has 1 saturated heterocycles. The fourth-order valence-electron chi connectivity index (χ4n) is 1.74. The van der Waals surface area contributed by atoms with Crippen molar-refractivity contribution in [1.29, 1.82) is 0 Å². The lowest BCUT2D eigenvalue weighted by Gasteiger charge is -2.11. The van der Waals surface area contributed by atoms with Crippen molar-refractivity contribution < 1.29 is 14.9 Å². The number of ether oxygens (including phenoxy) is 1. The van der Waals surface area contributed by atoms with Gasteiger partial charge < -0.3 is 20.7 Å². The monoisotopic (exact) mass is 227 g/mol. The van der Waals surface area contributed by atoms with Gasteiger partial charge in [-0.25, -0.2) is 4.98 Å². The van der Waals surface area contributed by atoms with Gasteiger partial charge in [0.2, 0.25) is 0 Å². The number of hydrogen-bond donors (Lipinski definition) is 4. The molecule has 1 fully saturated rings. The summed E-state index contributed by atoms with van der Waals surface area (Å²) in [7, 11) is 0. The van der Waals surface area contributed by atoms with Crippen LogP contribution in [-0.4, -0.2) is 39.0 Å². The number of H-pyrrole nitrogens is 1. The molecule has 0 spiro atoms. The summed E-state index contributed by atoms with van der Waals surface area (Å²) in [5, 5.41) is 18.4. The van der Waals surface area contributed by atoms with Crippen LogP contribution < -0.4 is 11.3 Å². The van der Waals surface area contributed by atoms with Gasteiger partial charge in [-0.3, -0.25) is 9.78 Å². The maximum atomic E-state index is 11.5. The number of aliphatic hydroxyl groups excluding tert-OH is 2. The molecule has 1 aliphatic rings. The molecule has 0 radical (unpaired) electrons. The molecule has 1 aromatic heterocycles. The molecule has 2 heterocycles. The predicted molar refractivity (Wildman–Crippen MR) is 54.6 cm³/mol. The molecule has 1 aromatic rings. The Balaban J connectivity index is 2.23. The van der Waals surface area contributed by atoms with Crippen LogP contribution in [0.25, 0.3) is 0 Å². The average molecular weight is 227 g/mol. The van der Waals surface area contributed by atoms with Crippen LogP contribution >= 0.6 is 0 Å². The number of aromatic amines is 1. The van der Waals surface area contributed by atoms with Crippen LogP contribution in [0.1, 0.15) is 18.1 Å². The largest absolute Gasteiger partial charge is 0.394 e. The molecule has 2 rings (SSSR count). The molecule has 0 aliphatic carbocycles. The maximum absolute atomic E-state index is 11.5. The normalized spacial score (nSPS) is 29.5. The molecular formula is C9H13N3O4. The van der Waals surface area contributed by atoms with Crippen LogP contribution in [0.2, 0.25) is 0 Å². The first-order valence-electron chi connectivity index (χ1n) is 4.91. The smallest absolute Gasteiger partial charge is 0.258 e. The molecule has 3 atom stereocenters. The first-order chi connectivity index (χ1) is 7.61. The number of nitrogen functional groups attached to an aromatic ring is 1. The zero-order chi connectivity index (χ0) is 11.7. The van der Waals surface area contributed by atoms with E-state index in [9.17, 15) is 9.90 Å². The van der Waals surface area contributed by atoms with Crippen molar-refractivity contribution in [1.82, 2.24) is 9.97 Å². The van der Waals surface area contributed by atoms with Crippen LogP contribution in [0.15, 0.2) is 11.0 Å². The lowest BCUT2D eigenvalue weighted by atomic mass is 10.1. The van der Waals surface area contributed by atoms with Gasteiger partial charge in [0.15, 0.2) is 5.95 Å². The van der Waals surface area contributed by atoms with Crippen LogP contribution in [0.5, 0.6) is 0 Å². The van der Waals surface area contributed by atoms with Crippen LogP contribution in [0, 0.1) is 0 Å². The van der Waals surface area contributed by atoms with Gasteiger partial charge in [-0.1, -0.05) is 0 Å². The molecule has 16 heavy (non-hydrogen) atoms. The van der Waals surface area contributed by atoms with Crippen LogP contribution in [-0.2, 0) is 4.74 Å². The Labute approximate surface area is 90.9 Å². The third-order valence-corrected chi connectivity index (χ3v) is 2.60. The van der Waals surface area contributed by atoms with Gasteiger partial charge in [-0.05, 0) is 0 Å². The van der Waals surface area contributed by atoms with Crippen LogP contribution in [0.3, 0.4) is 0 Å². The zero-order valence-electron chi connectivity index (χ0n) is 8.46. The average Bonchev–Trinajstić information content (AvgIpc) is 2.59. The molecule has 0 saturated carbocycles. The summed E-state index contributed by atoms with van der Waals surface area (Å²) in [5.41, 5.74) is 5.23. The summed E-state index contributed by atoms with van der Waals surface area (Å²) in [6, 6.07) is 0. The number of aromatic nitrogens is 2. The number of hydrogen-bond acceptors (Lipinski definition) is 6. The topological polar surface area (TPSA) is 121 Å². The van der Waals surface area contributed by atoms with E-state index in [0.29, 0.717) is 5.56 Å². The number of nitrogens with zero attached hydrogens (tertiary/aromatic N) is 1. The quantitative estimate of drug-likeness (QED) is 0.489. The van der Waals surface area contributed by atoms with Gasteiger partial charge in [0, 0.05) is 12.6 Å². The number of nitrogens with two attached hydrogens (primary N) is 1. The molecule has 0 bridgehead atoms. The van der Waals surface area contributed by atoms with Crippen molar-refractivity contribution in [2.75, 3.05) is 12.3 Å². The Morgan fingerprint density at radius 3 is 3.00 bits per heavy atom. The molecule has 1 unspecified atom stereocenters. The molecular weight excluding hydrogens is 214 g/mol. The minimum Gasteiger partial charge on any atom is -0.394 e. The highest BCUT2D eigenvalue weighted by Crippen LogP contribution is 2.30. The van der Waals surface area contributed by atoms with Crippen molar-refractivity contribution in [3.63, 3.8) is 0 Å². The molecule has 0 aromatic carbocycles. The van der Waals surface area contributed by atoms with Crippen molar-refractivity contribution in [2.24, 2.45) is 0 Å². The van der Waals surface area contributed by atoms with E-state index in [1.807, 2.05) is 0 Å². The van der Waals surface area contributed by atoms with E-state index < -0.39 is 18.3 Å². The second-order valence-corrected chi connectivity index (χ2v) is 3.70. The molecule has 5 N–H and O–H groups in total. The van der Waals surface area contributed by atoms with E-state index in [0.717, 1.165) is 0 Å². The number of aliphatic hydroxyl groups is 2. The maximum Gasteiger partial charge on any atom is 0.258 e. The van der Waals surface area contributed by atoms with Crippen molar-refractivity contribution in [3.05, 3.63) is 22.1 Å². The first-order valence-corrected chi connectivity index (χ1v) is 4.91. The first kappa shape index (κ1) is 11.1. The number of anilines is 1. The Morgan fingerprint density at radius 1 is 1.69 bits per heavy atom. The lowest BCUT2D eigenvalue weighted by Crippen LogP contribution is -2.24. The molecule has 0 amide bonds. The fraction of sp³-hybridized carbons (Fsp3) is 0.556. The minimum atomic E-state index is -0.771. The summed E-state index contributed by atoms with van der Waals surface area (Å²) in [6.07, 6.45) is -0.386. The van der Waals surface area contributed by atoms with Gasteiger partial charge in [0.25, 0.3) is 5.56 Å². The molecule has 88 valence electrons. The predicted octanol–water partition coefficient (Wildman–Crippen LogP) is -1.46. The second-order valence-electron chi connectivity index (χ2n) is 3.70. The minimum absolute atomic E-state index is 0.0333. The van der Waals surface area contributed by atoms with E-state index in [1.54, 1.807) is 0 Å². The SMILES string of the molecule is Nc1ncc([C@H]2CC(O)[C@@H](CO)O2)c(=O)[nH]1. The van der Waals surface area contributed by atoms with Crippen molar-refractivity contribution in [2.45, 2.75) is 24.7 Å². The van der Waals surface area contributed by atoms with Gasteiger partial charge in [-0.2, -0.15) is 0 Å². The number of rotatable bonds is 2. The summed E-state index contributed by atoms with van der Waals surface area (Å²) in [5.74, 6) is 0.0333. The highest BCUT2D eigenvalue weighted by Gasteiger charge is 2.35. The number of nitrogens with one attached hydrogen (secondary N) is 1. The van der Waals surface area contributed by atoms with E-state index in [2.05, 4.69) is 9.97 Å². The molecule has 7 nitrogen and oxygen atoms in total. The Kier molecular flexibility index (Phi) is 2.90. The van der Waals surface area contributed by atoms with E-state index >= 15 is 0 Å². The van der Waals surface area contributed by atoms with E-state index in [4.69, 9.17) is 15.6 Å². The summed E-state index contributed by atoms with van der Waals surface area (Å²) >= 11 is 0. The zero-order valence-corrected chi connectivity index (χ0v) is 8.46. The van der Waals surface area contributed by atoms with Gasteiger partial charge in [0.1, 0.15) is 6.10 Å². The highest BCUT2D eigenvalue weighted by atomic mass is 16.5. The molecule has 1 aliphatic heterocycles. The molecule has 7 heteroatoms. The Hall–Kier alpha value is -1.44. The van der Waals surface area contributed by atoms with E-state index in [1.165, 1.54) is 6.20 Å². The fourth-order valence-corrected chi connectivity index (χ4v) is 1.74. The summed E-state index contributed by atoms with van der Waals surface area (Å²) < 4.78 is 5.33. The van der Waals surface area contributed by atoms with Crippen molar-refractivity contribution in [3.8, 4) is 0 Å². The lowest BCUT2D eigenvalue weighted by molar-refractivity contribution is -0.0229. The third kappa shape index (κ3) is 1.92. The summed E-state index contributed by atoms with van der Waals surface area (Å²) in [4.78, 5) is 17.6. The Bertz CT molecular complexity index is 433. The third-order valence-electron chi connectivity index (χ3n) is 2.60. The van der Waals surface area contributed by atoms with Crippen molar-refractivity contribution >= 4 is 5.95 Å². The van der Waals surface area contributed by atoms with E-state index in [-0.39, 0.29) is 24.5 Å². The standard InChI is InChI=1S/C9H13N3O4/c10-9-11-2-4(8(15)12-9)6-1-5(14)7(3-13)16-6/h2,5-7,13-14H,1,3H2,(H3,10,11,12,15)/t5?,6-,7-/m1/s1. The van der Waals surface area contributed by atoms with Gasteiger partial charge in [0.05, 0.1) is 24.4 Å². The van der Waals surface area contributed by atoms with Gasteiger partial charge >= 0.3 is 0 Å². The highest BCUT2D eigenvalue weighted by molar-refractivity contribution is 5.20. The van der Waals surface area contributed by atoms with Crippen LogP contribution in [0.4, 0.5) is 5.95 Å². The second kappa shape index (κ2) is 4.20. The van der Waals surface area contributed by atoms with Gasteiger partial charge in [-0.15, -0.1) is 0 Å². The Morgan fingerprint density at radius 2 is 2.44 bits per heavy atom. The summed E-state index contributed by atoms with van der Waals surface area (Å²) in [6.45, 7) is -0.280.